The van der Waals surface area contributed by atoms with Crippen LogP contribution < -0.4 is 0 Å². The van der Waals surface area contributed by atoms with Crippen LogP contribution in [0, 0.1) is 11.8 Å². The van der Waals surface area contributed by atoms with Crippen molar-refractivity contribution in [3.63, 3.8) is 0 Å². The number of rotatable bonds is 64. The normalized spacial score (nSPS) is 14.3. The first-order valence-electron chi connectivity index (χ1n) is 34.0. The molecule has 17 nitrogen and oxygen atoms in total. The van der Waals surface area contributed by atoms with Crippen LogP contribution in [0.15, 0.2) is 0 Å². The van der Waals surface area contributed by atoms with E-state index in [0.717, 1.165) is 115 Å². The molecule has 0 aromatic heterocycles. The van der Waals surface area contributed by atoms with Crippen molar-refractivity contribution in [3.8, 4) is 0 Å². The molecule has 19 heteroatoms. The van der Waals surface area contributed by atoms with Crippen molar-refractivity contribution in [2.24, 2.45) is 11.8 Å². The summed E-state index contributed by atoms with van der Waals surface area (Å²) >= 11 is 0. The Morgan fingerprint density at radius 1 is 0.321 bits per heavy atom. The SMILES string of the molecule is CCCCCCCCCCCCCC(=O)O[C@H](COC(=O)CCCCCCCCC)COP(=O)(O)OC[C@H](O)COP(=O)(O)OC[C@@H](COC(=O)CCCCCCCCCCCC(C)C)OC(=O)CCCCCCCCCCCCCC(C)C. The molecule has 0 fully saturated rings. The van der Waals surface area contributed by atoms with E-state index in [-0.39, 0.29) is 25.7 Å². The van der Waals surface area contributed by atoms with Crippen molar-refractivity contribution < 1.29 is 80.2 Å². The van der Waals surface area contributed by atoms with Gasteiger partial charge in [-0.1, -0.05) is 273 Å². The summed E-state index contributed by atoms with van der Waals surface area (Å²) in [6, 6.07) is 0. The topological polar surface area (TPSA) is 237 Å². The molecule has 2 unspecified atom stereocenters. The maximum Gasteiger partial charge on any atom is 0.472 e. The molecule has 0 radical (unpaired) electrons. The van der Waals surface area contributed by atoms with E-state index in [1.165, 1.54) is 128 Å². The summed E-state index contributed by atoms with van der Waals surface area (Å²) in [5.41, 5.74) is 0. The van der Waals surface area contributed by atoms with Crippen LogP contribution in [0.1, 0.15) is 324 Å². The summed E-state index contributed by atoms with van der Waals surface area (Å²) in [4.78, 5) is 72.2. The molecule has 0 aliphatic rings. The van der Waals surface area contributed by atoms with Crippen molar-refractivity contribution in [2.75, 3.05) is 39.6 Å². The fourth-order valence-electron chi connectivity index (χ4n) is 9.71. The molecule has 0 heterocycles. The van der Waals surface area contributed by atoms with Crippen molar-refractivity contribution in [3.05, 3.63) is 0 Å². The van der Waals surface area contributed by atoms with Gasteiger partial charge in [-0.2, -0.15) is 0 Å². The van der Waals surface area contributed by atoms with Crippen LogP contribution in [-0.4, -0.2) is 96.7 Å². The van der Waals surface area contributed by atoms with Crippen LogP contribution in [-0.2, 0) is 65.4 Å². The molecule has 3 N–H and O–H groups in total. The van der Waals surface area contributed by atoms with Crippen LogP contribution in [0.4, 0.5) is 0 Å². The van der Waals surface area contributed by atoms with E-state index in [4.69, 9.17) is 37.0 Å². The summed E-state index contributed by atoms with van der Waals surface area (Å²) in [7, 11) is -9.88. The van der Waals surface area contributed by atoms with E-state index in [0.29, 0.717) is 25.7 Å². The zero-order valence-corrected chi connectivity index (χ0v) is 56.0. The molecular formula is C65H126O17P2. The van der Waals surface area contributed by atoms with Gasteiger partial charge in [0.15, 0.2) is 12.2 Å². The maximum atomic E-state index is 13.0. The number of carbonyl (C=O) groups excluding carboxylic acids is 4. The molecule has 0 spiro atoms. The number of carbonyl (C=O) groups is 4. The number of ether oxygens (including phenoxy) is 4. The molecule has 0 rings (SSSR count). The van der Waals surface area contributed by atoms with Gasteiger partial charge in [-0.05, 0) is 37.5 Å². The number of unbranched alkanes of at least 4 members (excludes halogenated alkanes) is 34. The molecule has 84 heavy (non-hydrogen) atoms. The average molecular weight is 1240 g/mol. The van der Waals surface area contributed by atoms with Gasteiger partial charge in [0.1, 0.15) is 19.3 Å². The van der Waals surface area contributed by atoms with E-state index in [1.807, 2.05) is 0 Å². The van der Waals surface area contributed by atoms with Gasteiger partial charge in [0.05, 0.1) is 26.4 Å². The van der Waals surface area contributed by atoms with Crippen LogP contribution in [0.3, 0.4) is 0 Å². The van der Waals surface area contributed by atoms with Gasteiger partial charge in [0.2, 0.25) is 0 Å². The summed E-state index contributed by atoms with van der Waals surface area (Å²) < 4.78 is 68.0. The molecule has 5 atom stereocenters. The number of esters is 4. The minimum atomic E-state index is -4.95. The summed E-state index contributed by atoms with van der Waals surface area (Å²) in [5, 5.41) is 10.5. The first-order valence-corrected chi connectivity index (χ1v) is 37.0. The first kappa shape index (κ1) is 82.1. The molecule has 0 amide bonds. The smallest absolute Gasteiger partial charge is 0.462 e. The Morgan fingerprint density at radius 3 is 0.810 bits per heavy atom. The van der Waals surface area contributed by atoms with Crippen molar-refractivity contribution in [1.82, 2.24) is 0 Å². The van der Waals surface area contributed by atoms with Gasteiger partial charge in [0, 0.05) is 25.7 Å². The second kappa shape index (κ2) is 57.5. The molecule has 0 bridgehead atoms. The summed E-state index contributed by atoms with van der Waals surface area (Å²) in [6.45, 7) is 9.45. The Bertz CT molecular complexity index is 1650. The summed E-state index contributed by atoms with van der Waals surface area (Å²) in [5.74, 6) is -0.626. The van der Waals surface area contributed by atoms with E-state index >= 15 is 0 Å². The Balaban J connectivity index is 5.22. The Kier molecular flexibility index (Phi) is 56.2. The molecule has 0 aromatic rings. The lowest BCUT2D eigenvalue weighted by Crippen LogP contribution is -2.30. The van der Waals surface area contributed by atoms with Gasteiger partial charge >= 0.3 is 39.5 Å². The first-order chi connectivity index (χ1) is 40.4. The van der Waals surface area contributed by atoms with E-state index in [1.54, 1.807) is 0 Å². The Morgan fingerprint density at radius 2 is 0.548 bits per heavy atom. The molecule has 0 saturated carbocycles. The lowest BCUT2D eigenvalue weighted by atomic mass is 10.0. The minimum Gasteiger partial charge on any atom is -0.462 e. The number of phosphoric ester groups is 2. The van der Waals surface area contributed by atoms with Gasteiger partial charge in [-0.15, -0.1) is 0 Å². The van der Waals surface area contributed by atoms with Crippen LogP contribution in [0.25, 0.3) is 0 Å². The quantitative estimate of drug-likeness (QED) is 0.0222. The fraction of sp³-hybridized carbons (Fsp3) is 0.938. The summed E-state index contributed by atoms with van der Waals surface area (Å²) in [6.07, 6.45) is 40.3. The highest BCUT2D eigenvalue weighted by Crippen LogP contribution is 2.45. The van der Waals surface area contributed by atoms with E-state index in [2.05, 4.69) is 41.5 Å². The van der Waals surface area contributed by atoms with Gasteiger partial charge in [0.25, 0.3) is 0 Å². The van der Waals surface area contributed by atoms with E-state index < -0.39 is 97.5 Å². The monoisotopic (exact) mass is 1240 g/mol. The maximum absolute atomic E-state index is 13.0. The molecular weight excluding hydrogens is 1110 g/mol. The fourth-order valence-corrected chi connectivity index (χ4v) is 11.3. The molecule has 0 aliphatic heterocycles. The third kappa shape index (κ3) is 59.0. The number of phosphoric acid groups is 2. The molecule has 0 saturated heterocycles. The molecule has 0 aromatic carbocycles. The highest BCUT2D eigenvalue weighted by atomic mass is 31.2. The largest absolute Gasteiger partial charge is 0.472 e. The second-order valence-electron chi connectivity index (χ2n) is 24.5. The predicted molar refractivity (Wildman–Crippen MR) is 335 cm³/mol. The third-order valence-electron chi connectivity index (χ3n) is 15.0. The van der Waals surface area contributed by atoms with Gasteiger partial charge in [-0.25, -0.2) is 9.13 Å². The Labute approximate surface area is 511 Å². The number of hydrogen-bond donors (Lipinski definition) is 3. The Hall–Kier alpha value is -1.94. The zero-order chi connectivity index (χ0) is 62.2. The van der Waals surface area contributed by atoms with Crippen LogP contribution >= 0.6 is 15.6 Å². The van der Waals surface area contributed by atoms with Crippen LogP contribution in [0.5, 0.6) is 0 Å². The standard InChI is InChI=1S/C65H126O17P2/c1-7-9-11-13-15-16-18-24-31-37-43-49-64(69)81-60(53-75-62(67)47-41-35-27-14-12-10-8-2)55-79-83(71,72)77-51-59(66)52-78-84(73,74)80-56-61(54-76-63(68)48-42-36-30-26-21-23-29-34-40-46-58(5)6)82-65(70)50-44-38-32-25-20-17-19-22-28-33-39-45-57(3)4/h57-61,66H,7-56H2,1-6H3,(H,71,72)(H,73,74)/t59-,60+,61+/m0/s1. The number of hydrogen-bond acceptors (Lipinski definition) is 15. The van der Waals surface area contributed by atoms with Gasteiger partial charge < -0.3 is 33.8 Å². The van der Waals surface area contributed by atoms with Crippen molar-refractivity contribution >= 4 is 39.5 Å². The third-order valence-corrected chi connectivity index (χ3v) is 16.9. The second-order valence-corrected chi connectivity index (χ2v) is 27.4. The zero-order valence-electron chi connectivity index (χ0n) is 54.2. The predicted octanol–water partition coefficient (Wildman–Crippen LogP) is 18.0. The molecule has 498 valence electrons. The van der Waals surface area contributed by atoms with E-state index in [9.17, 15) is 43.2 Å². The lowest BCUT2D eigenvalue weighted by molar-refractivity contribution is -0.161. The highest BCUT2D eigenvalue weighted by molar-refractivity contribution is 7.47. The van der Waals surface area contributed by atoms with Gasteiger partial charge in [-0.3, -0.25) is 37.3 Å². The lowest BCUT2D eigenvalue weighted by Gasteiger charge is -2.21. The number of aliphatic hydroxyl groups is 1. The number of aliphatic hydroxyl groups excluding tert-OH is 1. The average Bonchev–Trinajstić information content (AvgIpc) is 3.49. The molecule has 0 aliphatic carbocycles. The van der Waals surface area contributed by atoms with Crippen molar-refractivity contribution in [2.45, 2.75) is 342 Å². The van der Waals surface area contributed by atoms with Crippen molar-refractivity contribution in [1.29, 1.82) is 0 Å². The minimum absolute atomic E-state index is 0.106. The van der Waals surface area contributed by atoms with Crippen LogP contribution in [0.2, 0.25) is 0 Å². The highest BCUT2D eigenvalue weighted by Gasteiger charge is 2.30.